The van der Waals surface area contributed by atoms with Gasteiger partial charge in [-0.25, -0.2) is 0 Å². The van der Waals surface area contributed by atoms with Gasteiger partial charge in [-0.1, -0.05) is 29.8 Å². The van der Waals surface area contributed by atoms with Crippen LogP contribution in [0.15, 0.2) is 53.5 Å². The summed E-state index contributed by atoms with van der Waals surface area (Å²) in [6.07, 6.45) is 4.01. The Morgan fingerprint density at radius 2 is 1.96 bits per heavy atom. The number of hydrogen-bond acceptors (Lipinski definition) is 3. The number of benzene rings is 1. The topological polar surface area (TPSA) is 37.3 Å². The Balaban J connectivity index is 1.63. The van der Waals surface area contributed by atoms with Gasteiger partial charge in [-0.05, 0) is 43.5 Å². The molecule has 1 N–H and O–H groups in total. The Kier molecular flexibility index (Phi) is 5.61. The van der Waals surface area contributed by atoms with Crippen molar-refractivity contribution in [1.29, 1.82) is 0 Å². The minimum Gasteiger partial charge on any atom is -0.384 e. The van der Waals surface area contributed by atoms with Crippen LogP contribution >= 0.6 is 11.6 Å². The van der Waals surface area contributed by atoms with Crippen molar-refractivity contribution in [1.82, 2.24) is 9.47 Å². The van der Waals surface area contributed by atoms with Gasteiger partial charge < -0.3 is 10.2 Å². The van der Waals surface area contributed by atoms with Gasteiger partial charge >= 0.3 is 0 Å². The van der Waals surface area contributed by atoms with Crippen molar-refractivity contribution in [2.45, 2.75) is 19.8 Å². The molecule has 2 heterocycles. The van der Waals surface area contributed by atoms with Crippen LogP contribution < -0.4 is 10.9 Å². The van der Waals surface area contributed by atoms with E-state index in [0.29, 0.717) is 10.7 Å². The summed E-state index contributed by atoms with van der Waals surface area (Å²) in [5.74, 6) is 0. The maximum absolute atomic E-state index is 12.1. The zero-order chi connectivity index (χ0) is 17.8. The maximum atomic E-state index is 12.1. The molecule has 1 saturated heterocycles. The van der Waals surface area contributed by atoms with Crippen molar-refractivity contribution >= 4 is 17.3 Å². The van der Waals surface area contributed by atoms with E-state index in [4.69, 9.17) is 11.6 Å². The van der Waals surface area contributed by atoms with E-state index < -0.39 is 0 Å². The fraction of sp³-hybridized carbons (Fsp3) is 0.350. The molecule has 0 atom stereocenters. The molecular weight excluding hydrogens is 334 g/mol. The standard InChI is InChI=1S/C20H24ClN3O/c1-15-7-10-23(11-8-15)12-9-22-17-4-5-19(18(21)13-17)24-14-16(2)3-6-20(24)25/h3-6,13-14,22H,1,7-12H2,2H3. The SMILES string of the molecule is C=C1CCN(CCNc2ccc(-n3cc(C)ccc3=O)c(Cl)c2)CC1. The predicted octanol–water partition coefficient (Wildman–Crippen LogP) is 3.86. The Morgan fingerprint density at radius 3 is 2.68 bits per heavy atom. The second kappa shape index (κ2) is 7.89. The summed E-state index contributed by atoms with van der Waals surface area (Å²) < 4.78 is 1.59. The van der Waals surface area contributed by atoms with Crippen molar-refractivity contribution < 1.29 is 0 Å². The van der Waals surface area contributed by atoms with E-state index in [-0.39, 0.29) is 5.56 Å². The lowest BCUT2D eigenvalue weighted by molar-refractivity contribution is 0.266. The number of anilines is 1. The van der Waals surface area contributed by atoms with E-state index in [1.807, 2.05) is 25.1 Å². The number of rotatable bonds is 5. The van der Waals surface area contributed by atoms with Crippen molar-refractivity contribution in [3.8, 4) is 5.69 Å². The minimum absolute atomic E-state index is 0.0834. The lowest BCUT2D eigenvalue weighted by Gasteiger charge is -2.27. The van der Waals surface area contributed by atoms with Crippen molar-refractivity contribution in [2.75, 3.05) is 31.5 Å². The lowest BCUT2D eigenvalue weighted by atomic mass is 10.1. The van der Waals surface area contributed by atoms with Gasteiger partial charge in [-0.15, -0.1) is 0 Å². The van der Waals surface area contributed by atoms with E-state index in [1.54, 1.807) is 22.9 Å². The van der Waals surface area contributed by atoms with E-state index >= 15 is 0 Å². The Bertz CT molecular complexity index is 818. The van der Waals surface area contributed by atoms with Gasteiger partial charge in [0.25, 0.3) is 5.56 Å². The summed E-state index contributed by atoms with van der Waals surface area (Å²) >= 11 is 6.41. The molecule has 1 fully saturated rings. The normalized spacial score (nSPS) is 15.4. The highest BCUT2D eigenvalue weighted by molar-refractivity contribution is 6.32. The van der Waals surface area contributed by atoms with Crippen LogP contribution in [0.2, 0.25) is 5.02 Å². The number of aryl methyl sites for hydroxylation is 1. The molecule has 3 rings (SSSR count). The number of aromatic nitrogens is 1. The second-order valence-corrected chi connectivity index (χ2v) is 7.01. The third kappa shape index (κ3) is 4.53. The molecule has 132 valence electrons. The molecule has 1 aliphatic heterocycles. The average Bonchev–Trinajstić information content (AvgIpc) is 2.59. The summed E-state index contributed by atoms with van der Waals surface area (Å²) in [6, 6.07) is 9.10. The first-order chi connectivity index (χ1) is 12.0. The number of piperidine rings is 1. The molecule has 0 amide bonds. The molecule has 0 radical (unpaired) electrons. The van der Waals surface area contributed by atoms with Crippen LogP contribution in [0.3, 0.4) is 0 Å². The minimum atomic E-state index is -0.0834. The van der Waals surface area contributed by atoms with Crippen LogP contribution in [-0.4, -0.2) is 35.6 Å². The quantitative estimate of drug-likeness (QED) is 0.825. The molecule has 25 heavy (non-hydrogen) atoms. The van der Waals surface area contributed by atoms with E-state index in [1.165, 1.54) is 5.57 Å². The fourth-order valence-corrected chi connectivity index (χ4v) is 3.32. The van der Waals surface area contributed by atoms with Crippen LogP contribution in [0.4, 0.5) is 5.69 Å². The predicted molar refractivity (Wildman–Crippen MR) is 105 cm³/mol. The first-order valence-electron chi connectivity index (χ1n) is 8.65. The monoisotopic (exact) mass is 357 g/mol. The van der Waals surface area contributed by atoms with E-state index in [0.717, 1.165) is 50.3 Å². The van der Waals surface area contributed by atoms with Crippen LogP contribution in [0.25, 0.3) is 5.69 Å². The van der Waals surface area contributed by atoms with Crippen molar-refractivity contribution in [3.63, 3.8) is 0 Å². The first kappa shape index (κ1) is 17.8. The first-order valence-corrected chi connectivity index (χ1v) is 9.03. The van der Waals surface area contributed by atoms with E-state index in [2.05, 4.69) is 16.8 Å². The van der Waals surface area contributed by atoms with Crippen LogP contribution in [0, 0.1) is 6.92 Å². The fourth-order valence-electron chi connectivity index (χ4n) is 3.05. The molecular formula is C20H24ClN3O. The molecule has 2 aromatic rings. The van der Waals surface area contributed by atoms with Crippen LogP contribution in [0.5, 0.6) is 0 Å². The zero-order valence-corrected chi connectivity index (χ0v) is 15.4. The van der Waals surface area contributed by atoms with Crippen LogP contribution in [0.1, 0.15) is 18.4 Å². The number of pyridine rings is 1. The molecule has 1 aromatic heterocycles. The number of hydrogen-bond donors (Lipinski definition) is 1. The highest BCUT2D eigenvalue weighted by atomic mass is 35.5. The number of halogens is 1. The average molecular weight is 358 g/mol. The Morgan fingerprint density at radius 1 is 1.20 bits per heavy atom. The molecule has 0 bridgehead atoms. The van der Waals surface area contributed by atoms with E-state index in [9.17, 15) is 4.79 Å². The highest BCUT2D eigenvalue weighted by Gasteiger charge is 2.12. The molecule has 5 heteroatoms. The number of nitrogens with one attached hydrogen (secondary N) is 1. The van der Waals surface area contributed by atoms with Gasteiger partial charge in [0.2, 0.25) is 0 Å². The van der Waals surface area contributed by atoms with Crippen molar-refractivity contribution in [3.05, 3.63) is 69.6 Å². The number of nitrogens with zero attached hydrogens (tertiary/aromatic N) is 2. The highest BCUT2D eigenvalue weighted by Crippen LogP contribution is 2.23. The second-order valence-electron chi connectivity index (χ2n) is 6.60. The Labute approximate surface area is 153 Å². The zero-order valence-electron chi connectivity index (χ0n) is 14.6. The van der Waals surface area contributed by atoms with Gasteiger partial charge in [0.05, 0.1) is 10.7 Å². The molecule has 0 unspecified atom stereocenters. The molecule has 4 nitrogen and oxygen atoms in total. The van der Waals surface area contributed by atoms with Crippen LogP contribution in [-0.2, 0) is 0 Å². The van der Waals surface area contributed by atoms with Gasteiger partial charge in [0.1, 0.15) is 0 Å². The molecule has 1 aliphatic rings. The molecule has 0 spiro atoms. The molecule has 0 aliphatic carbocycles. The molecule has 1 aromatic carbocycles. The lowest BCUT2D eigenvalue weighted by Crippen LogP contribution is -2.34. The maximum Gasteiger partial charge on any atom is 0.255 e. The Hall–Kier alpha value is -2.04. The molecule has 0 saturated carbocycles. The summed E-state index contributed by atoms with van der Waals surface area (Å²) in [4.78, 5) is 14.5. The van der Waals surface area contributed by atoms with Gasteiger partial charge in [-0.3, -0.25) is 9.36 Å². The number of likely N-dealkylation sites (tertiary alicyclic amines) is 1. The van der Waals surface area contributed by atoms with Gasteiger partial charge in [0, 0.05) is 44.1 Å². The largest absolute Gasteiger partial charge is 0.384 e. The van der Waals surface area contributed by atoms with Crippen molar-refractivity contribution in [2.24, 2.45) is 0 Å². The third-order valence-corrected chi connectivity index (χ3v) is 4.89. The third-order valence-electron chi connectivity index (χ3n) is 4.59. The summed E-state index contributed by atoms with van der Waals surface area (Å²) in [5.41, 5.74) is 3.96. The summed E-state index contributed by atoms with van der Waals surface area (Å²) in [6.45, 7) is 10.1. The smallest absolute Gasteiger partial charge is 0.255 e. The summed E-state index contributed by atoms with van der Waals surface area (Å²) in [7, 11) is 0. The van der Waals surface area contributed by atoms with Gasteiger partial charge in [-0.2, -0.15) is 0 Å². The van der Waals surface area contributed by atoms with Gasteiger partial charge in [0.15, 0.2) is 0 Å². The summed E-state index contributed by atoms with van der Waals surface area (Å²) in [5, 5.41) is 3.97.